The van der Waals surface area contributed by atoms with Gasteiger partial charge in [-0.1, -0.05) is 18.2 Å². The number of ether oxygens (including phenoxy) is 1. The van der Waals surface area contributed by atoms with Crippen molar-refractivity contribution in [3.8, 4) is 0 Å². The highest BCUT2D eigenvalue weighted by Gasteiger charge is 2.27. The molecule has 172 valence electrons. The van der Waals surface area contributed by atoms with Crippen molar-refractivity contribution < 1.29 is 18.3 Å². The van der Waals surface area contributed by atoms with Crippen LogP contribution in [0.4, 0.5) is 5.69 Å². The number of sulfonamides is 1. The van der Waals surface area contributed by atoms with Gasteiger partial charge in [0.15, 0.2) is 0 Å². The Morgan fingerprint density at radius 3 is 2.53 bits per heavy atom. The number of aliphatic hydroxyl groups is 1. The van der Waals surface area contributed by atoms with Gasteiger partial charge < -0.3 is 19.3 Å². The van der Waals surface area contributed by atoms with Crippen molar-refractivity contribution in [1.29, 1.82) is 0 Å². The maximum atomic E-state index is 13.1. The molecule has 1 unspecified atom stereocenters. The summed E-state index contributed by atoms with van der Waals surface area (Å²) in [5.41, 5.74) is 2.55. The fourth-order valence-corrected chi connectivity index (χ4v) is 5.55. The van der Waals surface area contributed by atoms with E-state index in [1.807, 2.05) is 43.3 Å². The van der Waals surface area contributed by atoms with E-state index in [1.54, 1.807) is 19.1 Å². The normalized spacial score (nSPS) is 16.3. The van der Waals surface area contributed by atoms with E-state index in [1.165, 1.54) is 4.31 Å². The van der Waals surface area contributed by atoms with Crippen LogP contribution < -0.4 is 4.90 Å². The first kappa shape index (κ1) is 22.7. The summed E-state index contributed by atoms with van der Waals surface area (Å²) in [6.45, 7) is 7.03. The minimum absolute atomic E-state index is 0.253. The molecule has 1 aliphatic heterocycles. The molecule has 9 heteroatoms. The molecule has 0 aliphatic carbocycles. The Hall–Kier alpha value is -2.46. The lowest BCUT2D eigenvalue weighted by atomic mass is 10.2. The third-order valence-electron chi connectivity index (χ3n) is 5.66. The van der Waals surface area contributed by atoms with E-state index < -0.39 is 16.1 Å². The van der Waals surface area contributed by atoms with Gasteiger partial charge in [-0.25, -0.2) is 13.4 Å². The van der Waals surface area contributed by atoms with Crippen LogP contribution in [0.25, 0.3) is 11.0 Å². The third-order valence-corrected chi connectivity index (χ3v) is 7.56. The summed E-state index contributed by atoms with van der Waals surface area (Å²) in [6.07, 6.45) is -0.500. The van der Waals surface area contributed by atoms with Gasteiger partial charge in [0.05, 0.1) is 41.8 Å². The topological polar surface area (TPSA) is 87.9 Å². The molecule has 1 saturated heterocycles. The highest BCUT2D eigenvalue weighted by Crippen LogP contribution is 2.25. The molecule has 4 rings (SSSR count). The molecule has 0 radical (unpaired) electrons. The number of aryl methyl sites for hydroxylation is 1. The Kier molecular flexibility index (Phi) is 6.80. The van der Waals surface area contributed by atoms with Gasteiger partial charge in [-0.3, -0.25) is 0 Å². The smallest absolute Gasteiger partial charge is 0.243 e. The molecule has 1 fully saturated rings. The summed E-state index contributed by atoms with van der Waals surface area (Å²) in [5.74, 6) is 0.827. The van der Waals surface area contributed by atoms with Crippen LogP contribution in [0.2, 0.25) is 0 Å². The number of aromatic nitrogens is 2. The van der Waals surface area contributed by atoms with Crippen LogP contribution in [0.5, 0.6) is 0 Å². The van der Waals surface area contributed by atoms with Crippen molar-refractivity contribution >= 4 is 26.7 Å². The van der Waals surface area contributed by atoms with Crippen molar-refractivity contribution in [3.63, 3.8) is 0 Å². The van der Waals surface area contributed by atoms with E-state index in [4.69, 9.17) is 9.72 Å². The standard InChI is InChI=1S/C23H30N4O4S/c1-3-27-22-10-9-20(32(29,30)26-11-13-31-14-12-26)15-21(22)24-23(27)17-25(16-18(2)28)19-7-5-4-6-8-19/h4-10,15,18,28H,3,11-14,16-17H2,1-2H3. The third kappa shape index (κ3) is 4.66. The molecule has 0 amide bonds. The Morgan fingerprint density at radius 1 is 1.16 bits per heavy atom. The number of imidazole rings is 1. The molecular formula is C23H30N4O4S. The van der Waals surface area contributed by atoms with Gasteiger partial charge in [0.2, 0.25) is 10.0 Å². The molecule has 1 atom stereocenters. The molecule has 2 aromatic carbocycles. The summed E-state index contributed by atoms with van der Waals surface area (Å²) >= 11 is 0. The van der Waals surface area contributed by atoms with Gasteiger partial charge in [0.25, 0.3) is 0 Å². The fourth-order valence-electron chi connectivity index (χ4n) is 4.12. The molecule has 0 saturated carbocycles. The van der Waals surface area contributed by atoms with E-state index in [0.29, 0.717) is 51.5 Å². The molecule has 3 aromatic rings. The van der Waals surface area contributed by atoms with E-state index in [2.05, 4.69) is 9.47 Å². The maximum Gasteiger partial charge on any atom is 0.243 e. The largest absolute Gasteiger partial charge is 0.392 e. The van der Waals surface area contributed by atoms with Crippen molar-refractivity contribution in [2.24, 2.45) is 0 Å². The van der Waals surface area contributed by atoms with Gasteiger partial charge in [0, 0.05) is 31.9 Å². The summed E-state index contributed by atoms with van der Waals surface area (Å²) in [4.78, 5) is 7.15. The second-order valence-corrected chi connectivity index (χ2v) is 9.94. The number of anilines is 1. The van der Waals surface area contributed by atoms with Crippen molar-refractivity contribution in [2.45, 2.75) is 37.9 Å². The molecular weight excluding hydrogens is 428 g/mol. The summed E-state index contributed by atoms with van der Waals surface area (Å²) < 4.78 is 35.0. The van der Waals surface area contributed by atoms with Gasteiger partial charge in [-0.05, 0) is 44.2 Å². The first-order valence-corrected chi connectivity index (χ1v) is 12.4. The highest BCUT2D eigenvalue weighted by atomic mass is 32.2. The number of benzene rings is 2. The fraction of sp³-hybridized carbons (Fsp3) is 0.435. The first-order valence-electron chi connectivity index (χ1n) is 10.9. The Bertz CT molecular complexity index is 1160. The van der Waals surface area contributed by atoms with Crippen molar-refractivity contribution in [2.75, 3.05) is 37.7 Å². The molecule has 0 bridgehead atoms. The number of para-hydroxylation sites is 1. The van der Waals surface area contributed by atoms with Crippen LogP contribution in [0, 0.1) is 0 Å². The lowest BCUT2D eigenvalue weighted by molar-refractivity contribution is 0.0730. The Labute approximate surface area is 189 Å². The first-order chi connectivity index (χ1) is 15.4. The molecule has 2 heterocycles. The van der Waals surface area contributed by atoms with E-state index >= 15 is 0 Å². The molecule has 1 aromatic heterocycles. The van der Waals surface area contributed by atoms with Gasteiger partial charge in [0.1, 0.15) is 5.82 Å². The van der Waals surface area contributed by atoms with E-state index in [0.717, 1.165) is 17.0 Å². The Balaban J connectivity index is 1.69. The monoisotopic (exact) mass is 458 g/mol. The average Bonchev–Trinajstić information content (AvgIpc) is 3.15. The highest BCUT2D eigenvalue weighted by molar-refractivity contribution is 7.89. The van der Waals surface area contributed by atoms with Crippen LogP contribution in [0.3, 0.4) is 0 Å². The lowest BCUT2D eigenvalue weighted by Crippen LogP contribution is -2.40. The van der Waals surface area contributed by atoms with Crippen LogP contribution in [-0.4, -0.2) is 66.3 Å². The number of hydrogen-bond donors (Lipinski definition) is 1. The van der Waals surface area contributed by atoms with Crippen molar-refractivity contribution in [3.05, 3.63) is 54.4 Å². The number of morpholine rings is 1. The number of hydrogen-bond acceptors (Lipinski definition) is 6. The number of fused-ring (bicyclic) bond motifs is 1. The molecule has 1 N–H and O–H groups in total. The van der Waals surface area contributed by atoms with E-state index in [9.17, 15) is 13.5 Å². The van der Waals surface area contributed by atoms with Crippen LogP contribution in [0.15, 0.2) is 53.4 Å². The molecule has 1 aliphatic rings. The van der Waals surface area contributed by atoms with Gasteiger partial charge in [-0.15, -0.1) is 0 Å². The average molecular weight is 459 g/mol. The Morgan fingerprint density at radius 2 is 1.88 bits per heavy atom. The molecule has 8 nitrogen and oxygen atoms in total. The zero-order chi connectivity index (χ0) is 22.7. The predicted molar refractivity (Wildman–Crippen MR) is 124 cm³/mol. The van der Waals surface area contributed by atoms with Crippen LogP contribution >= 0.6 is 0 Å². The zero-order valence-corrected chi connectivity index (χ0v) is 19.3. The zero-order valence-electron chi connectivity index (χ0n) is 18.5. The molecule has 0 spiro atoms. The summed E-state index contributed by atoms with van der Waals surface area (Å²) in [6, 6.07) is 15.1. The second kappa shape index (κ2) is 9.58. The quantitative estimate of drug-likeness (QED) is 0.558. The van der Waals surface area contributed by atoms with Gasteiger partial charge in [-0.2, -0.15) is 4.31 Å². The minimum Gasteiger partial charge on any atom is -0.392 e. The minimum atomic E-state index is -3.59. The van der Waals surface area contributed by atoms with Crippen LogP contribution in [-0.2, 0) is 27.8 Å². The summed E-state index contributed by atoms with van der Waals surface area (Å²) in [5, 5.41) is 10.0. The van der Waals surface area contributed by atoms with Crippen molar-refractivity contribution in [1.82, 2.24) is 13.9 Å². The predicted octanol–water partition coefficient (Wildman–Crippen LogP) is 2.46. The summed E-state index contributed by atoms with van der Waals surface area (Å²) in [7, 11) is -3.59. The number of aliphatic hydroxyl groups excluding tert-OH is 1. The van der Waals surface area contributed by atoms with Crippen LogP contribution in [0.1, 0.15) is 19.7 Å². The molecule has 32 heavy (non-hydrogen) atoms. The number of nitrogens with zero attached hydrogens (tertiary/aromatic N) is 4. The van der Waals surface area contributed by atoms with E-state index in [-0.39, 0.29) is 4.90 Å². The maximum absolute atomic E-state index is 13.1. The number of rotatable bonds is 8. The second-order valence-electron chi connectivity index (χ2n) is 8.00. The van der Waals surface area contributed by atoms with Gasteiger partial charge >= 0.3 is 0 Å². The lowest BCUT2D eigenvalue weighted by Gasteiger charge is -2.26. The SMILES string of the molecule is CCn1c(CN(CC(C)O)c2ccccc2)nc2cc(S(=O)(=O)N3CCOCC3)ccc21.